The molecule has 0 saturated carbocycles. The smallest absolute Gasteiger partial charge is 0.318 e. The molecule has 24 heavy (non-hydrogen) atoms. The molecular weight excluding hydrogens is 304 g/mol. The first-order valence-electron chi connectivity index (χ1n) is 7.91. The molecule has 0 atom stereocenters. The van der Waals surface area contributed by atoms with E-state index in [-0.39, 0.29) is 6.03 Å². The third kappa shape index (κ3) is 5.59. The van der Waals surface area contributed by atoms with Gasteiger partial charge in [0.05, 0.1) is 13.7 Å². The molecule has 0 spiro atoms. The fourth-order valence-corrected chi connectivity index (χ4v) is 2.33. The van der Waals surface area contributed by atoms with Crippen molar-refractivity contribution in [3.05, 3.63) is 65.7 Å². The SMILES string of the molecule is COCCN(Cc1ccccc1)C(=O)NCc1cccc(OC)c1. The van der Waals surface area contributed by atoms with Crippen LogP contribution in [0.5, 0.6) is 5.75 Å². The maximum atomic E-state index is 12.5. The Morgan fingerprint density at radius 1 is 1.04 bits per heavy atom. The minimum Gasteiger partial charge on any atom is -0.497 e. The van der Waals surface area contributed by atoms with Gasteiger partial charge in [0.1, 0.15) is 5.75 Å². The monoisotopic (exact) mass is 328 g/mol. The summed E-state index contributed by atoms with van der Waals surface area (Å²) in [6.45, 7) is 2.04. The zero-order valence-corrected chi connectivity index (χ0v) is 14.2. The van der Waals surface area contributed by atoms with Gasteiger partial charge in [0.15, 0.2) is 0 Å². The van der Waals surface area contributed by atoms with Gasteiger partial charge in [-0.05, 0) is 23.3 Å². The molecule has 128 valence electrons. The molecule has 1 N–H and O–H groups in total. The number of ether oxygens (including phenoxy) is 2. The second kappa shape index (κ2) is 9.57. The fourth-order valence-electron chi connectivity index (χ4n) is 2.33. The lowest BCUT2D eigenvalue weighted by atomic mass is 10.2. The Morgan fingerprint density at radius 3 is 2.50 bits per heavy atom. The molecule has 5 heteroatoms. The molecule has 0 heterocycles. The standard InChI is InChI=1S/C19H24N2O3/c1-23-12-11-21(15-16-7-4-3-5-8-16)19(22)20-14-17-9-6-10-18(13-17)24-2/h3-10,13H,11-12,14-15H2,1-2H3,(H,20,22). The number of carbonyl (C=O) groups excluding carboxylic acids is 1. The van der Waals surface area contributed by atoms with Gasteiger partial charge in [0.25, 0.3) is 0 Å². The van der Waals surface area contributed by atoms with Crippen LogP contribution >= 0.6 is 0 Å². The Labute approximate surface area is 143 Å². The first-order valence-corrected chi connectivity index (χ1v) is 7.91. The lowest BCUT2D eigenvalue weighted by Crippen LogP contribution is -2.40. The van der Waals surface area contributed by atoms with E-state index in [0.717, 1.165) is 16.9 Å². The van der Waals surface area contributed by atoms with Crippen LogP contribution in [0.2, 0.25) is 0 Å². The number of nitrogens with zero attached hydrogens (tertiary/aromatic N) is 1. The summed E-state index contributed by atoms with van der Waals surface area (Å²) in [6.07, 6.45) is 0. The minimum atomic E-state index is -0.112. The average molecular weight is 328 g/mol. The number of amides is 2. The highest BCUT2D eigenvalue weighted by atomic mass is 16.5. The molecule has 0 bridgehead atoms. The molecule has 0 fully saturated rings. The molecule has 2 rings (SSSR count). The molecule has 0 aliphatic carbocycles. The summed E-state index contributed by atoms with van der Waals surface area (Å²) in [6, 6.07) is 17.5. The second-order valence-electron chi connectivity index (χ2n) is 5.41. The lowest BCUT2D eigenvalue weighted by molar-refractivity contribution is 0.146. The van der Waals surface area contributed by atoms with Crippen molar-refractivity contribution in [1.82, 2.24) is 10.2 Å². The van der Waals surface area contributed by atoms with Gasteiger partial charge in [-0.2, -0.15) is 0 Å². The van der Waals surface area contributed by atoms with Crippen molar-refractivity contribution in [2.24, 2.45) is 0 Å². The van der Waals surface area contributed by atoms with Crippen LogP contribution in [0.25, 0.3) is 0 Å². The maximum absolute atomic E-state index is 12.5. The quantitative estimate of drug-likeness (QED) is 0.810. The van der Waals surface area contributed by atoms with Crippen LogP contribution in [-0.2, 0) is 17.8 Å². The van der Waals surface area contributed by atoms with Crippen LogP contribution in [0.15, 0.2) is 54.6 Å². The van der Waals surface area contributed by atoms with Gasteiger partial charge in [-0.25, -0.2) is 4.79 Å². The molecule has 2 aromatic carbocycles. The summed E-state index contributed by atoms with van der Waals surface area (Å²) in [5.41, 5.74) is 2.08. The normalized spacial score (nSPS) is 10.2. The van der Waals surface area contributed by atoms with Crippen molar-refractivity contribution in [1.29, 1.82) is 0 Å². The van der Waals surface area contributed by atoms with E-state index >= 15 is 0 Å². The molecule has 0 saturated heterocycles. The summed E-state index contributed by atoms with van der Waals surface area (Å²) in [5.74, 6) is 0.780. The van der Waals surface area contributed by atoms with E-state index in [0.29, 0.717) is 26.2 Å². The third-order valence-electron chi connectivity index (χ3n) is 3.65. The molecule has 5 nitrogen and oxygen atoms in total. The first-order chi connectivity index (χ1) is 11.7. The number of methoxy groups -OCH3 is 2. The minimum absolute atomic E-state index is 0.112. The van der Waals surface area contributed by atoms with Gasteiger partial charge < -0.3 is 19.7 Å². The van der Waals surface area contributed by atoms with E-state index < -0.39 is 0 Å². The predicted octanol–water partition coefficient (Wildman–Crippen LogP) is 3.05. The van der Waals surface area contributed by atoms with E-state index in [4.69, 9.17) is 9.47 Å². The van der Waals surface area contributed by atoms with Gasteiger partial charge in [-0.1, -0.05) is 42.5 Å². The molecule has 2 aromatic rings. The second-order valence-corrected chi connectivity index (χ2v) is 5.41. The summed E-state index contributed by atoms with van der Waals surface area (Å²) < 4.78 is 10.3. The van der Waals surface area contributed by atoms with Crippen LogP contribution < -0.4 is 10.1 Å². The number of hydrogen-bond donors (Lipinski definition) is 1. The van der Waals surface area contributed by atoms with Crippen molar-refractivity contribution >= 4 is 6.03 Å². The number of urea groups is 1. The van der Waals surface area contributed by atoms with E-state index in [9.17, 15) is 4.79 Å². The van der Waals surface area contributed by atoms with Gasteiger partial charge in [-0.3, -0.25) is 0 Å². The Bertz CT molecular complexity index is 632. The third-order valence-corrected chi connectivity index (χ3v) is 3.65. The van der Waals surface area contributed by atoms with E-state index in [1.807, 2.05) is 54.6 Å². The number of benzene rings is 2. The highest BCUT2D eigenvalue weighted by molar-refractivity contribution is 5.74. The Balaban J connectivity index is 1.96. The van der Waals surface area contributed by atoms with Crippen molar-refractivity contribution in [2.45, 2.75) is 13.1 Å². The summed E-state index contributed by atoms with van der Waals surface area (Å²) in [4.78, 5) is 14.3. The summed E-state index contributed by atoms with van der Waals surface area (Å²) in [5, 5.41) is 2.96. The van der Waals surface area contributed by atoms with Crippen molar-refractivity contribution in [2.75, 3.05) is 27.4 Å². The van der Waals surface area contributed by atoms with Crippen molar-refractivity contribution < 1.29 is 14.3 Å². The molecule has 0 aromatic heterocycles. The Kier molecular flexibility index (Phi) is 7.11. The van der Waals surface area contributed by atoms with Crippen LogP contribution in [-0.4, -0.2) is 38.3 Å². The van der Waals surface area contributed by atoms with Gasteiger partial charge in [0, 0.05) is 26.7 Å². The van der Waals surface area contributed by atoms with Crippen molar-refractivity contribution in [3.63, 3.8) is 0 Å². The maximum Gasteiger partial charge on any atom is 0.318 e. The molecule has 0 radical (unpaired) electrons. The number of carbonyl (C=O) groups is 1. The first kappa shape index (κ1) is 17.8. The van der Waals surface area contributed by atoms with Gasteiger partial charge >= 0.3 is 6.03 Å². The number of rotatable bonds is 8. The van der Waals surface area contributed by atoms with Crippen LogP contribution in [0.1, 0.15) is 11.1 Å². The van der Waals surface area contributed by atoms with E-state index in [1.165, 1.54) is 0 Å². The average Bonchev–Trinajstić information content (AvgIpc) is 2.64. The van der Waals surface area contributed by atoms with E-state index in [2.05, 4.69) is 5.32 Å². The molecular formula is C19H24N2O3. The summed E-state index contributed by atoms with van der Waals surface area (Å²) in [7, 11) is 3.26. The Hall–Kier alpha value is -2.53. The van der Waals surface area contributed by atoms with E-state index in [1.54, 1.807) is 19.1 Å². The van der Waals surface area contributed by atoms with Crippen LogP contribution in [0.4, 0.5) is 4.79 Å². The van der Waals surface area contributed by atoms with Gasteiger partial charge in [-0.15, -0.1) is 0 Å². The van der Waals surface area contributed by atoms with Crippen LogP contribution in [0.3, 0.4) is 0 Å². The van der Waals surface area contributed by atoms with Crippen LogP contribution in [0, 0.1) is 0 Å². The topological polar surface area (TPSA) is 50.8 Å². The predicted molar refractivity (Wildman–Crippen MR) is 94.0 cm³/mol. The lowest BCUT2D eigenvalue weighted by Gasteiger charge is -2.23. The number of hydrogen-bond acceptors (Lipinski definition) is 3. The summed E-state index contributed by atoms with van der Waals surface area (Å²) >= 11 is 0. The highest BCUT2D eigenvalue weighted by Gasteiger charge is 2.13. The molecule has 0 unspecified atom stereocenters. The molecule has 0 aliphatic rings. The highest BCUT2D eigenvalue weighted by Crippen LogP contribution is 2.12. The van der Waals surface area contributed by atoms with Crippen molar-refractivity contribution in [3.8, 4) is 5.75 Å². The molecule has 2 amide bonds. The zero-order chi connectivity index (χ0) is 17.2. The number of nitrogens with one attached hydrogen (secondary N) is 1. The zero-order valence-electron chi connectivity index (χ0n) is 14.2. The fraction of sp³-hybridized carbons (Fsp3) is 0.316. The van der Waals surface area contributed by atoms with Gasteiger partial charge in [0.2, 0.25) is 0 Å². The Morgan fingerprint density at radius 2 is 1.79 bits per heavy atom. The molecule has 0 aliphatic heterocycles. The largest absolute Gasteiger partial charge is 0.497 e.